The second kappa shape index (κ2) is 9.06. The van der Waals surface area contributed by atoms with Crippen molar-refractivity contribution in [2.75, 3.05) is 0 Å². The topological polar surface area (TPSA) is 98.2 Å². The number of nitrogens with zero attached hydrogens (tertiary/aromatic N) is 2. The number of aryl methyl sites for hydroxylation is 2. The third-order valence-corrected chi connectivity index (χ3v) is 5.68. The Kier molecular flexibility index (Phi) is 6.03. The van der Waals surface area contributed by atoms with Gasteiger partial charge in [-0.15, -0.1) is 0 Å². The lowest BCUT2D eigenvalue weighted by atomic mass is 10.00. The first-order valence-corrected chi connectivity index (χ1v) is 10.6. The number of carbonyl (C=O) groups excluding carboxylic acids is 1. The van der Waals surface area contributed by atoms with E-state index >= 15 is 0 Å². The molecule has 0 aliphatic rings. The van der Waals surface area contributed by atoms with Crippen molar-refractivity contribution in [3.8, 4) is 5.75 Å². The molecule has 0 aliphatic carbocycles. The van der Waals surface area contributed by atoms with Crippen LogP contribution in [0.3, 0.4) is 0 Å². The van der Waals surface area contributed by atoms with E-state index in [9.17, 15) is 14.7 Å². The maximum Gasteiger partial charge on any atom is 0.261 e. The normalized spacial score (nSPS) is 11.0. The van der Waals surface area contributed by atoms with Gasteiger partial charge in [-0.1, -0.05) is 55.5 Å². The molecule has 1 heterocycles. The van der Waals surface area contributed by atoms with Gasteiger partial charge in [0.2, 0.25) is 5.91 Å². The second-order valence-corrected chi connectivity index (χ2v) is 7.77. The van der Waals surface area contributed by atoms with Crippen molar-refractivity contribution < 1.29 is 9.90 Å². The fraction of sp³-hybridized carbons (Fsp3) is 0.192. The molecule has 0 radical (unpaired) electrons. The summed E-state index contributed by atoms with van der Waals surface area (Å²) in [7, 11) is 0. The molecule has 6 nitrogen and oxygen atoms in total. The molecule has 3 aromatic carbocycles. The molecule has 32 heavy (non-hydrogen) atoms. The third-order valence-electron chi connectivity index (χ3n) is 5.68. The molecule has 0 fully saturated rings. The standard InChI is InChI=1S/C26H25N3O3/c1-2-23-28-24-19(15-18-11-12-20(25(27)31)16-22(18)30)9-6-10-21(24)26(32)29(23)14-13-17-7-4-3-5-8-17/h3-12,16,30H,2,13-15H2,1H3,(H2,27,31). The maximum atomic E-state index is 13.3. The highest BCUT2D eigenvalue weighted by atomic mass is 16.3. The number of aromatic hydroxyl groups is 1. The molecule has 0 spiro atoms. The lowest BCUT2D eigenvalue weighted by Crippen LogP contribution is -2.26. The molecule has 0 atom stereocenters. The Hall–Kier alpha value is -3.93. The number of fused-ring (bicyclic) bond motifs is 1. The van der Waals surface area contributed by atoms with E-state index in [1.165, 1.54) is 11.6 Å². The Balaban J connectivity index is 1.72. The summed E-state index contributed by atoms with van der Waals surface area (Å²) < 4.78 is 1.76. The molecule has 3 N–H and O–H groups in total. The molecule has 0 saturated carbocycles. The lowest BCUT2D eigenvalue weighted by Gasteiger charge is -2.15. The smallest absolute Gasteiger partial charge is 0.261 e. The predicted octanol–water partition coefficient (Wildman–Crippen LogP) is 3.60. The van der Waals surface area contributed by atoms with E-state index in [0.29, 0.717) is 35.9 Å². The predicted molar refractivity (Wildman–Crippen MR) is 125 cm³/mol. The molecule has 6 heteroatoms. The summed E-state index contributed by atoms with van der Waals surface area (Å²) in [5.74, 6) is 0.131. The van der Waals surface area contributed by atoms with Crippen LogP contribution in [0.25, 0.3) is 10.9 Å². The minimum atomic E-state index is -0.595. The Labute approximate surface area is 186 Å². The summed E-state index contributed by atoms with van der Waals surface area (Å²) >= 11 is 0. The molecule has 1 aromatic heterocycles. The van der Waals surface area contributed by atoms with Crippen molar-refractivity contribution in [3.63, 3.8) is 0 Å². The van der Waals surface area contributed by atoms with Gasteiger partial charge in [0, 0.05) is 24.9 Å². The van der Waals surface area contributed by atoms with Crippen LogP contribution in [0.1, 0.15) is 39.8 Å². The van der Waals surface area contributed by atoms with E-state index in [-0.39, 0.29) is 16.9 Å². The number of para-hydroxylation sites is 1. The molecule has 162 valence electrons. The Bertz CT molecular complexity index is 1340. The number of rotatable bonds is 7. The molecular formula is C26H25N3O3. The molecule has 4 aromatic rings. The van der Waals surface area contributed by atoms with E-state index in [1.54, 1.807) is 22.8 Å². The second-order valence-electron chi connectivity index (χ2n) is 7.77. The Morgan fingerprint density at radius 3 is 2.50 bits per heavy atom. The zero-order chi connectivity index (χ0) is 22.7. The summed E-state index contributed by atoms with van der Waals surface area (Å²) in [6, 6.07) is 20.2. The van der Waals surface area contributed by atoms with Crippen molar-refractivity contribution in [2.45, 2.75) is 32.7 Å². The zero-order valence-electron chi connectivity index (χ0n) is 17.9. The average molecular weight is 428 g/mol. The number of primary amides is 1. The summed E-state index contributed by atoms with van der Waals surface area (Å²) in [6.07, 6.45) is 1.76. The maximum absolute atomic E-state index is 13.3. The number of benzene rings is 3. The number of amides is 1. The van der Waals surface area contributed by atoms with Crippen LogP contribution in [0.2, 0.25) is 0 Å². The first kappa shape index (κ1) is 21.3. The summed E-state index contributed by atoms with van der Waals surface area (Å²) in [4.78, 5) is 29.5. The van der Waals surface area contributed by atoms with Gasteiger partial charge in [0.1, 0.15) is 11.6 Å². The summed E-state index contributed by atoms with van der Waals surface area (Å²) in [5.41, 5.74) is 8.76. The van der Waals surface area contributed by atoms with Crippen molar-refractivity contribution in [1.82, 2.24) is 9.55 Å². The minimum Gasteiger partial charge on any atom is -0.508 e. The highest BCUT2D eigenvalue weighted by Gasteiger charge is 2.15. The van der Waals surface area contributed by atoms with Crippen LogP contribution in [0, 0.1) is 0 Å². The highest BCUT2D eigenvalue weighted by molar-refractivity contribution is 5.93. The molecular weight excluding hydrogens is 402 g/mol. The van der Waals surface area contributed by atoms with Crippen molar-refractivity contribution >= 4 is 16.8 Å². The number of phenols is 1. The molecule has 0 bridgehead atoms. The van der Waals surface area contributed by atoms with Gasteiger partial charge >= 0.3 is 0 Å². The number of carbonyl (C=O) groups is 1. The SMILES string of the molecule is CCc1nc2c(Cc3ccc(C(N)=O)cc3O)cccc2c(=O)n1CCc1ccccc1. The van der Waals surface area contributed by atoms with Gasteiger partial charge in [0.25, 0.3) is 5.56 Å². The van der Waals surface area contributed by atoms with Crippen molar-refractivity contribution in [2.24, 2.45) is 5.73 Å². The average Bonchev–Trinajstić information content (AvgIpc) is 2.80. The molecule has 4 rings (SSSR count). The highest BCUT2D eigenvalue weighted by Crippen LogP contribution is 2.25. The van der Waals surface area contributed by atoms with Gasteiger partial charge < -0.3 is 10.8 Å². The summed E-state index contributed by atoms with van der Waals surface area (Å²) in [6.45, 7) is 2.55. The van der Waals surface area contributed by atoms with Gasteiger partial charge in [-0.2, -0.15) is 0 Å². The van der Waals surface area contributed by atoms with Gasteiger partial charge in [-0.05, 0) is 41.3 Å². The van der Waals surface area contributed by atoms with Gasteiger partial charge in [0.05, 0.1) is 10.9 Å². The van der Waals surface area contributed by atoms with Crippen LogP contribution < -0.4 is 11.3 Å². The van der Waals surface area contributed by atoms with E-state index < -0.39 is 5.91 Å². The molecule has 0 aliphatic heterocycles. The fourth-order valence-electron chi connectivity index (χ4n) is 3.95. The van der Waals surface area contributed by atoms with Crippen molar-refractivity contribution in [3.05, 3.63) is 105 Å². The zero-order valence-corrected chi connectivity index (χ0v) is 17.9. The fourth-order valence-corrected chi connectivity index (χ4v) is 3.95. The van der Waals surface area contributed by atoms with Crippen LogP contribution in [0.15, 0.2) is 71.5 Å². The lowest BCUT2D eigenvalue weighted by molar-refractivity contribution is 0.1000. The Morgan fingerprint density at radius 2 is 1.81 bits per heavy atom. The van der Waals surface area contributed by atoms with E-state index in [0.717, 1.165) is 17.8 Å². The quantitative estimate of drug-likeness (QED) is 0.471. The van der Waals surface area contributed by atoms with Gasteiger partial charge in [-0.25, -0.2) is 4.98 Å². The van der Waals surface area contributed by atoms with Gasteiger partial charge in [0.15, 0.2) is 0 Å². The largest absolute Gasteiger partial charge is 0.508 e. The minimum absolute atomic E-state index is 0.00905. The molecule has 0 saturated heterocycles. The van der Waals surface area contributed by atoms with Crippen LogP contribution in [-0.4, -0.2) is 20.6 Å². The first-order chi connectivity index (χ1) is 15.5. The van der Waals surface area contributed by atoms with Crippen LogP contribution in [0.4, 0.5) is 0 Å². The number of nitrogens with two attached hydrogens (primary N) is 1. The molecule has 1 amide bonds. The van der Waals surface area contributed by atoms with E-state index in [1.807, 2.05) is 37.3 Å². The number of hydrogen-bond acceptors (Lipinski definition) is 4. The van der Waals surface area contributed by atoms with Crippen LogP contribution in [0.5, 0.6) is 5.75 Å². The Morgan fingerprint density at radius 1 is 1.03 bits per heavy atom. The number of aromatic nitrogens is 2. The van der Waals surface area contributed by atoms with Crippen LogP contribution >= 0.6 is 0 Å². The van der Waals surface area contributed by atoms with Crippen LogP contribution in [-0.2, 0) is 25.8 Å². The first-order valence-electron chi connectivity index (χ1n) is 10.6. The van der Waals surface area contributed by atoms with E-state index in [2.05, 4.69) is 12.1 Å². The van der Waals surface area contributed by atoms with Crippen molar-refractivity contribution in [1.29, 1.82) is 0 Å². The number of hydrogen-bond donors (Lipinski definition) is 2. The summed E-state index contributed by atoms with van der Waals surface area (Å²) in [5, 5.41) is 10.9. The monoisotopic (exact) mass is 427 g/mol. The van der Waals surface area contributed by atoms with Gasteiger partial charge in [-0.3, -0.25) is 14.2 Å². The number of phenolic OH excluding ortho intramolecular Hbond substituents is 1. The molecule has 0 unspecified atom stereocenters. The van der Waals surface area contributed by atoms with E-state index in [4.69, 9.17) is 10.7 Å². The third kappa shape index (κ3) is 4.25.